The summed E-state index contributed by atoms with van der Waals surface area (Å²) in [4.78, 5) is 4.85. The quantitative estimate of drug-likeness (QED) is 0.143. The molecular weight excluding hydrogens is 713 g/mol. The van der Waals surface area contributed by atoms with Gasteiger partial charge >= 0.3 is 0 Å². The van der Waals surface area contributed by atoms with Gasteiger partial charge in [-0.2, -0.15) is 0 Å². The van der Waals surface area contributed by atoms with Crippen molar-refractivity contribution in [2.75, 3.05) is 9.80 Å². The van der Waals surface area contributed by atoms with Crippen molar-refractivity contribution < 1.29 is 0 Å². The van der Waals surface area contributed by atoms with Gasteiger partial charge in [0.2, 0.25) is 0 Å². The van der Waals surface area contributed by atoms with Crippen LogP contribution in [0.4, 0.5) is 34.1 Å². The lowest BCUT2D eigenvalue weighted by atomic mass is 9.67. The number of anilines is 6. The zero-order valence-corrected chi connectivity index (χ0v) is 32.5. The fraction of sp³-hybridized carbons (Fsp3) is 0.0175. The summed E-state index contributed by atoms with van der Waals surface area (Å²) in [6, 6.07) is 88.5. The van der Waals surface area contributed by atoms with Crippen LogP contribution in [0.15, 0.2) is 243 Å². The first-order valence-electron chi connectivity index (χ1n) is 20.4. The van der Waals surface area contributed by atoms with Gasteiger partial charge in [0.05, 0.1) is 16.8 Å². The van der Waals surface area contributed by atoms with Crippen LogP contribution < -0.4 is 9.80 Å². The predicted molar refractivity (Wildman–Crippen MR) is 248 cm³/mol. The zero-order chi connectivity index (χ0) is 39.2. The van der Waals surface area contributed by atoms with Crippen LogP contribution in [0.1, 0.15) is 22.3 Å². The second-order valence-electron chi connectivity index (χ2n) is 15.3. The Hall–Kier alpha value is -7.68. The van der Waals surface area contributed by atoms with Crippen LogP contribution in [0.2, 0.25) is 0 Å². The van der Waals surface area contributed by atoms with E-state index in [-0.39, 0.29) is 0 Å². The van der Waals surface area contributed by atoms with E-state index >= 15 is 0 Å². The molecule has 0 heterocycles. The molecule has 10 aromatic carbocycles. The van der Waals surface area contributed by atoms with E-state index < -0.39 is 5.41 Å². The molecule has 278 valence electrons. The second-order valence-corrected chi connectivity index (χ2v) is 15.3. The molecule has 0 N–H and O–H groups in total. The number of hydrogen-bond donors (Lipinski definition) is 0. The smallest absolute Gasteiger partial charge is 0.0734 e. The number of nitrogens with zero attached hydrogens (tertiary/aromatic N) is 2. The first-order valence-corrected chi connectivity index (χ1v) is 20.4. The number of hydrogen-bond acceptors (Lipinski definition) is 2. The largest absolute Gasteiger partial charge is 0.310 e. The van der Waals surface area contributed by atoms with E-state index in [1.807, 2.05) is 0 Å². The summed E-state index contributed by atoms with van der Waals surface area (Å²) in [6.07, 6.45) is 0. The molecule has 2 nitrogen and oxygen atoms in total. The van der Waals surface area contributed by atoms with E-state index in [0.717, 1.165) is 34.1 Å². The maximum atomic E-state index is 2.47. The van der Waals surface area contributed by atoms with Crippen molar-refractivity contribution in [2.45, 2.75) is 5.41 Å². The van der Waals surface area contributed by atoms with Gasteiger partial charge in [-0.15, -0.1) is 0 Å². The third kappa shape index (κ3) is 5.56. The Kier molecular flexibility index (Phi) is 8.41. The summed E-state index contributed by atoms with van der Waals surface area (Å²) >= 11 is 0. The highest BCUT2D eigenvalue weighted by Gasteiger charge is 2.48. The van der Waals surface area contributed by atoms with E-state index in [1.165, 1.54) is 54.9 Å². The monoisotopic (exact) mass is 752 g/mol. The van der Waals surface area contributed by atoms with E-state index in [0.29, 0.717) is 0 Å². The van der Waals surface area contributed by atoms with Crippen LogP contribution in [0.25, 0.3) is 32.7 Å². The van der Waals surface area contributed by atoms with Crippen LogP contribution in [-0.2, 0) is 5.41 Å². The minimum Gasteiger partial charge on any atom is -0.310 e. The summed E-state index contributed by atoms with van der Waals surface area (Å²) in [5.41, 5.74) is 13.8. The van der Waals surface area contributed by atoms with Gasteiger partial charge in [-0.1, -0.05) is 182 Å². The van der Waals surface area contributed by atoms with Crippen LogP contribution in [0.3, 0.4) is 0 Å². The highest BCUT2D eigenvalue weighted by molar-refractivity contribution is 6.16. The molecule has 0 radical (unpaired) electrons. The molecule has 0 aromatic heterocycles. The maximum Gasteiger partial charge on any atom is 0.0734 e. The first-order chi connectivity index (χ1) is 29.3. The Labute approximate surface area is 345 Å². The van der Waals surface area contributed by atoms with Crippen LogP contribution in [0, 0.1) is 0 Å². The lowest BCUT2D eigenvalue weighted by molar-refractivity contribution is 0.768. The first kappa shape index (κ1) is 34.6. The Morgan fingerprint density at radius 2 is 0.780 bits per heavy atom. The Balaban J connectivity index is 1.17. The second kappa shape index (κ2) is 14.4. The molecule has 0 saturated carbocycles. The Morgan fingerprint density at radius 3 is 1.39 bits per heavy atom. The summed E-state index contributed by atoms with van der Waals surface area (Å²) in [5, 5.41) is 4.81. The van der Waals surface area contributed by atoms with Crippen molar-refractivity contribution in [3.05, 3.63) is 265 Å². The third-order valence-corrected chi connectivity index (χ3v) is 12.1. The lowest BCUT2D eigenvalue weighted by Crippen LogP contribution is -2.30. The minimum atomic E-state index is -0.557. The van der Waals surface area contributed by atoms with Crippen molar-refractivity contribution in [1.82, 2.24) is 0 Å². The van der Waals surface area contributed by atoms with E-state index in [4.69, 9.17) is 0 Å². The van der Waals surface area contributed by atoms with Gasteiger partial charge in [0, 0.05) is 33.7 Å². The maximum absolute atomic E-state index is 2.47. The lowest BCUT2D eigenvalue weighted by Gasteiger charge is -2.38. The Morgan fingerprint density at radius 1 is 0.305 bits per heavy atom. The SMILES string of the molecule is c1ccc(N(c2ccc3c(ccc4cccc(N(c5ccccc5)c5ccccc5)c43)c2)c2cccc3c2C(c2ccccc2)(c2ccccc2)c2ccccc2-3)cc1. The van der Waals surface area contributed by atoms with Gasteiger partial charge in [0.25, 0.3) is 0 Å². The van der Waals surface area contributed by atoms with Crippen molar-refractivity contribution in [2.24, 2.45) is 0 Å². The van der Waals surface area contributed by atoms with Crippen molar-refractivity contribution in [3.8, 4) is 11.1 Å². The molecular formula is C57H40N2. The summed E-state index contributed by atoms with van der Waals surface area (Å²) < 4.78 is 0. The fourth-order valence-corrected chi connectivity index (χ4v) is 9.66. The molecule has 0 saturated heterocycles. The average molecular weight is 753 g/mol. The topological polar surface area (TPSA) is 6.48 Å². The van der Waals surface area contributed by atoms with Crippen LogP contribution >= 0.6 is 0 Å². The summed E-state index contributed by atoms with van der Waals surface area (Å²) in [5.74, 6) is 0. The molecule has 11 rings (SSSR count). The predicted octanol–water partition coefficient (Wildman–Crippen LogP) is 15.3. The Bertz CT molecular complexity index is 3010. The minimum absolute atomic E-state index is 0.557. The van der Waals surface area contributed by atoms with Gasteiger partial charge in [-0.05, 0) is 105 Å². The molecule has 0 fully saturated rings. The molecule has 0 unspecified atom stereocenters. The average Bonchev–Trinajstić information content (AvgIpc) is 3.62. The molecule has 59 heavy (non-hydrogen) atoms. The number of benzene rings is 10. The highest BCUT2D eigenvalue weighted by Crippen LogP contribution is 2.60. The van der Waals surface area contributed by atoms with Crippen LogP contribution in [-0.4, -0.2) is 0 Å². The summed E-state index contributed by atoms with van der Waals surface area (Å²) in [6.45, 7) is 0. The highest BCUT2D eigenvalue weighted by atomic mass is 15.2. The fourth-order valence-electron chi connectivity index (χ4n) is 9.66. The van der Waals surface area contributed by atoms with E-state index in [2.05, 4.69) is 252 Å². The zero-order valence-electron chi connectivity index (χ0n) is 32.5. The molecule has 2 heteroatoms. The molecule has 0 atom stereocenters. The molecule has 1 aliphatic carbocycles. The molecule has 10 aromatic rings. The number of rotatable bonds is 8. The molecule has 0 bridgehead atoms. The number of fused-ring (bicyclic) bond motifs is 6. The van der Waals surface area contributed by atoms with E-state index in [1.54, 1.807) is 0 Å². The normalized spacial score (nSPS) is 12.5. The van der Waals surface area contributed by atoms with Gasteiger partial charge in [0.15, 0.2) is 0 Å². The molecule has 0 amide bonds. The van der Waals surface area contributed by atoms with E-state index in [9.17, 15) is 0 Å². The summed E-state index contributed by atoms with van der Waals surface area (Å²) in [7, 11) is 0. The number of para-hydroxylation sites is 3. The van der Waals surface area contributed by atoms with Crippen molar-refractivity contribution in [1.29, 1.82) is 0 Å². The van der Waals surface area contributed by atoms with Crippen molar-refractivity contribution >= 4 is 55.7 Å². The van der Waals surface area contributed by atoms with Gasteiger partial charge in [-0.3, -0.25) is 0 Å². The van der Waals surface area contributed by atoms with Crippen molar-refractivity contribution in [3.63, 3.8) is 0 Å². The molecule has 1 aliphatic rings. The van der Waals surface area contributed by atoms with Gasteiger partial charge in [0.1, 0.15) is 0 Å². The van der Waals surface area contributed by atoms with Crippen LogP contribution in [0.5, 0.6) is 0 Å². The molecule has 0 spiro atoms. The molecule has 0 aliphatic heterocycles. The third-order valence-electron chi connectivity index (χ3n) is 12.1. The van der Waals surface area contributed by atoms with Gasteiger partial charge in [-0.25, -0.2) is 0 Å². The van der Waals surface area contributed by atoms with Gasteiger partial charge < -0.3 is 9.80 Å². The standard InChI is InChI=1S/C57H40N2/c1-6-21-43(22-7-1)57(44-23-8-2-9-24-44)52-33-17-16-31-50(52)51-32-19-35-54(56(51)57)59(47-29-14-5-15-30-47)48-38-39-49-42(40-48)37-36-41-20-18-34-53(55(41)49)58(45-25-10-3-11-26-45)46-27-12-4-13-28-46/h1-40H.